The van der Waals surface area contributed by atoms with Crippen LogP contribution in [0.5, 0.6) is 0 Å². The van der Waals surface area contributed by atoms with Crippen molar-refractivity contribution in [1.82, 2.24) is 10.2 Å². The van der Waals surface area contributed by atoms with E-state index < -0.39 is 0 Å². The maximum atomic E-state index is 11.6. The molecule has 2 rings (SSSR count). The van der Waals surface area contributed by atoms with Crippen molar-refractivity contribution in [2.75, 3.05) is 25.4 Å². The molecule has 1 saturated heterocycles. The molecule has 0 aromatic rings. The Labute approximate surface area is 125 Å². The average Bonchev–Trinajstić information content (AvgIpc) is 2.44. The van der Waals surface area contributed by atoms with E-state index in [9.17, 15) is 4.79 Å². The van der Waals surface area contributed by atoms with Crippen LogP contribution in [0.3, 0.4) is 0 Å². The monoisotopic (exact) mass is 299 g/mol. The van der Waals surface area contributed by atoms with Crippen LogP contribution in [0, 0.1) is 5.92 Å². The van der Waals surface area contributed by atoms with Gasteiger partial charge < -0.3 is 15.0 Å². The third kappa shape index (κ3) is 4.04. The number of likely N-dealkylation sites (tertiary alicyclic amines) is 1. The molecule has 1 fully saturated rings. The zero-order chi connectivity index (χ0) is 14.5. The van der Waals surface area contributed by atoms with Gasteiger partial charge in [0.15, 0.2) is 5.17 Å². The molecule has 114 valence electrons. The zero-order valence-electron chi connectivity index (χ0n) is 12.6. The van der Waals surface area contributed by atoms with E-state index in [-0.39, 0.29) is 6.09 Å². The van der Waals surface area contributed by atoms with Crippen molar-refractivity contribution in [3.8, 4) is 0 Å². The fourth-order valence-electron chi connectivity index (χ4n) is 2.37. The van der Waals surface area contributed by atoms with Gasteiger partial charge in [-0.25, -0.2) is 4.79 Å². The molecule has 0 bridgehead atoms. The van der Waals surface area contributed by atoms with E-state index in [1.807, 2.05) is 18.7 Å². The number of thioether (sulfide) groups is 1. The number of rotatable bonds is 2. The Morgan fingerprint density at radius 2 is 2.15 bits per heavy atom. The van der Waals surface area contributed by atoms with Gasteiger partial charge in [-0.1, -0.05) is 18.7 Å². The number of hydrogen-bond acceptors (Lipinski definition) is 5. The molecule has 0 aromatic heterocycles. The van der Waals surface area contributed by atoms with Crippen molar-refractivity contribution in [1.29, 1.82) is 0 Å². The van der Waals surface area contributed by atoms with E-state index in [2.05, 4.69) is 19.2 Å². The standard InChI is InChI=1S/C14H25N3O2S/c1-4-19-14(18)17-7-5-12(6-8-17)16-13-15-11(3)10(2)9-20-13/h10-12H,4-9H2,1-3H3,(H,15,16). The highest BCUT2D eigenvalue weighted by Gasteiger charge is 2.26. The molecule has 0 saturated carbocycles. The van der Waals surface area contributed by atoms with Gasteiger partial charge in [0.25, 0.3) is 0 Å². The topological polar surface area (TPSA) is 53.9 Å². The summed E-state index contributed by atoms with van der Waals surface area (Å²) < 4.78 is 5.03. The Morgan fingerprint density at radius 1 is 1.45 bits per heavy atom. The lowest BCUT2D eigenvalue weighted by Crippen LogP contribution is -2.47. The molecule has 1 amide bonds. The average molecular weight is 299 g/mol. The van der Waals surface area contributed by atoms with Crippen LogP contribution in [0.4, 0.5) is 4.79 Å². The highest BCUT2D eigenvalue weighted by atomic mass is 32.2. The first kappa shape index (κ1) is 15.5. The van der Waals surface area contributed by atoms with Crippen molar-refractivity contribution in [2.45, 2.75) is 45.7 Å². The minimum Gasteiger partial charge on any atom is -0.450 e. The lowest BCUT2D eigenvalue weighted by Gasteiger charge is -2.33. The third-order valence-electron chi connectivity index (χ3n) is 3.98. The van der Waals surface area contributed by atoms with Crippen molar-refractivity contribution in [2.24, 2.45) is 10.9 Å². The van der Waals surface area contributed by atoms with Crippen LogP contribution in [0.25, 0.3) is 0 Å². The predicted molar refractivity (Wildman–Crippen MR) is 83.3 cm³/mol. The maximum Gasteiger partial charge on any atom is 0.409 e. The Morgan fingerprint density at radius 3 is 2.75 bits per heavy atom. The zero-order valence-corrected chi connectivity index (χ0v) is 13.4. The van der Waals surface area contributed by atoms with E-state index in [0.717, 1.165) is 36.9 Å². The van der Waals surface area contributed by atoms with Crippen molar-refractivity contribution in [3.05, 3.63) is 0 Å². The molecule has 2 atom stereocenters. The van der Waals surface area contributed by atoms with Gasteiger partial charge >= 0.3 is 6.09 Å². The SMILES string of the molecule is CCOC(=O)N1CCC(NC2=NC(C)C(C)CS2)CC1. The number of carbonyl (C=O) groups is 1. The third-order valence-corrected chi connectivity index (χ3v) is 5.17. The molecule has 2 heterocycles. The normalized spacial score (nSPS) is 27.9. The van der Waals surface area contributed by atoms with Crippen molar-refractivity contribution in [3.63, 3.8) is 0 Å². The molecule has 2 aliphatic heterocycles. The van der Waals surface area contributed by atoms with E-state index in [1.54, 1.807) is 4.90 Å². The van der Waals surface area contributed by atoms with Gasteiger partial charge in [-0.05, 0) is 32.6 Å². The smallest absolute Gasteiger partial charge is 0.409 e. The summed E-state index contributed by atoms with van der Waals surface area (Å²) in [5.41, 5.74) is 0. The second-order valence-electron chi connectivity index (χ2n) is 5.57. The number of carbonyl (C=O) groups excluding carboxylic acids is 1. The fourth-order valence-corrected chi connectivity index (χ4v) is 3.56. The molecule has 0 spiro atoms. The van der Waals surface area contributed by atoms with E-state index in [1.165, 1.54) is 0 Å². The summed E-state index contributed by atoms with van der Waals surface area (Å²) >= 11 is 1.82. The first-order valence-electron chi connectivity index (χ1n) is 7.49. The molecule has 5 nitrogen and oxygen atoms in total. The first-order valence-corrected chi connectivity index (χ1v) is 8.47. The summed E-state index contributed by atoms with van der Waals surface area (Å²) in [5, 5.41) is 4.61. The molecule has 0 radical (unpaired) electrons. The minimum absolute atomic E-state index is 0.183. The number of aliphatic imine (C=N–C) groups is 1. The largest absolute Gasteiger partial charge is 0.450 e. The van der Waals surface area contributed by atoms with Crippen LogP contribution in [0.2, 0.25) is 0 Å². The van der Waals surface area contributed by atoms with Gasteiger partial charge in [0.2, 0.25) is 0 Å². The Kier molecular flexibility index (Phi) is 5.57. The molecule has 0 aliphatic carbocycles. The second-order valence-corrected chi connectivity index (χ2v) is 6.58. The molecular weight excluding hydrogens is 274 g/mol. The molecule has 6 heteroatoms. The van der Waals surface area contributed by atoms with Gasteiger partial charge in [0, 0.05) is 24.9 Å². The maximum absolute atomic E-state index is 11.6. The van der Waals surface area contributed by atoms with E-state index >= 15 is 0 Å². The molecule has 2 aliphatic rings. The second kappa shape index (κ2) is 7.20. The lowest BCUT2D eigenvalue weighted by molar-refractivity contribution is 0.0964. The highest BCUT2D eigenvalue weighted by molar-refractivity contribution is 8.13. The van der Waals surface area contributed by atoms with Gasteiger partial charge in [-0.15, -0.1) is 0 Å². The summed E-state index contributed by atoms with van der Waals surface area (Å²) in [5.74, 6) is 1.78. The van der Waals surface area contributed by atoms with Crippen LogP contribution < -0.4 is 5.32 Å². The fraction of sp³-hybridized carbons (Fsp3) is 0.857. The summed E-state index contributed by atoms with van der Waals surface area (Å²) in [4.78, 5) is 18.1. The molecular formula is C14H25N3O2S. The van der Waals surface area contributed by atoms with Crippen LogP contribution in [-0.2, 0) is 4.74 Å². The first-order chi connectivity index (χ1) is 9.60. The molecule has 0 aromatic carbocycles. The van der Waals surface area contributed by atoms with Crippen LogP contribution >= 0.6 is 11.8 Å². The minimum atomic E-state index is -0.183. The van der Waals surface area contributed by atoms with Crippen LogP contribution in [0.1, 0.15) is 33.6 Å². The Bertz CT molecular complexity index is 367. The predicted octanol–water partition coefficient (Wildman–Crippen LogP) is 2.32. The summed E-state index contributed by atoms with van der Waals surface area (Å²) in [7, 11) is 0. The number of nitrogens with one attached hydrogen (secondary N) is 1. The number of amidine groups is 1. The van der Waals surface area contributed by atoms with Gasteiger partial charge in [0.1, 0.15) is 0 Å². The Balaban J connectivity index is 1.77. The Hall–Kier alpha value is -0.910. The number of hydrogen-bond donors (Lipinski definition) is 1. The van der Waals surface area contributed by atoms with E-state index in [0.29, 0.717) is 24.6 Å². The molecule has 2 unspecified atom stereocenters. The van der Waals surface area contributed by atoms with Gasteiger partial charge in [-0.3, -0.25) is 4.99 Å². The number of ether oxygens (including phenoxy) is 1. The quantitative estimate of drug-likeness (QED) is 0.850. The summed E-state index contributed by atoms with van der Waals surface area (Å²) in [6.07, 6.45) is 1.74. The molecule has 20 heavy (non-hydrogen) atoms. The highest BCUT2D eigenvalue weighted by Crippen LogP contribution is 2.22. The number of amides is 1. The number of nitrogens with zero attached hydrogens (tertiary/aromatic N) is 2. The number of piperidine rings is 1. The van der Waals surface area contributed by atoms with Crippen LogP contribution in [-0.4, -0.2) is 53.7 Å². The van der Waals surface area contributed by atoms with Gasteiger partial charge in [0.05, 0.1) is 12.6 Å². The van der Waals surface area contributed by atoms with Crippen LogP contribution in [0.15, 0.2) is 4.99 Å². The van der Waals surface area contributed by atoms with Gasteiger partial charge in [-0.2, -0.15) is 0 Å². The lowest BCUT2D eigenvalue weighted by atomic mass is 10.1. The van der Waals surface area contributed by atoms with Crippen molar-refractivity contribution < 1.29 is 9.53 Å². The van der Waals surface area contributed by atoms with E-state index in [4.69, 9.17) is 9.73 Å². The molecule has 1 N–H and O–H groups in total. The summed E-state index contributed by atoms with van der Waals surface area (Å²) in [6.45, 7) is 8.24. The van der Waals surface area contributed by atoms with Crippen molar-refractivity contribution >= 4 is 23.0 Å². The summed E-state index contributed by atoms with van der Waals surface area (Å²) in [6, 6.07) is 0.825.